The summed E-state index contributed by atoms with van der Waals surface area (Å²) >= 11 is 0. The van der Waals surface area contributed by atoms with Gasteiger partial charge in [0.1, 0.15) is 29.3 Å². The average molecular weight is 578 g/mol. The largest absolute Gasteiger partial charge is 0.507 e. The van der Waals surface area contributed by atoms with Gasteiger partial charge in [-0.1, -0.05) is 0 Å². The van der Waals surface area contributed by atoms with Crippen LogP contribution in [0.15, 0.2) is 42.5 Å². The van der Waals surface area contributed by atoms with Crippen molar-refractivity contribution in [3.8, 4) is 16.9 Å². The summed E-state index contributed by atoms with van der Waals surface area (Å²) in [6, 6.07) is 10.1. The molecular weight excluding hydrogens is 544 g/mol. The van der Waals surface area contributed by atoms with E-state index in [0.717, 1.165) is 55.4 Å². The molecule has 2 aliphatic heterocycles. The van der Waals surface area contributed by atoms with Crippen LogP contribution in [0.25, 0.3) is 11.1 Å². The summed E-state index contributed by atoms with van der Waals surface area (Å²) in [6.07, 6.45) is 1.39. The van der Waals surface area contributed by atoms with Gasteiger partial charge in [-0.05, 0) is 86.6 Å². The minimum atomic E-state index is -0.859. The van der Waals surface area contributed by atoms with E-state index < -0.39 is 29.9 Å². The van der Waals surface area contributed by atoms with E-state index >= 15 is 0 Å². The summed E-state index contributed by atoms with van der Waals surface area (Å²) in [5.41, 5.74) is 4.01. The first kappa shape index (κ1) is 27.9. The number of carbonyl (C=O) groups excluding carboxylic acids is 2. The van der Waals surface area contributed by atoms with E-state index in [2.05, 4.69) is 4.90 Å². The predicted molar refractivity (Wildman–Crippen MR) is 151 cm³/mol. The lowest BCUT2D eigenvalue weighted by molar-refractivity contribution is -0.143. The fourth-order valence-corrected chi connectivity index (χ4v) is 6.22. The second-order valence-electron chi connectivity index (χ2n) is 11.2. The number of pyridine rings is 1. The maximum Gasteiger partial charge on any atom is 0.411 e. The van der Waals surface area contributed by atoms with Crippen LogP contribution in [0, 0.1) is 11.6 Å². The average Bonchev–Trinajstić information content (AvgIpc) is 3.42. The van der Waals surface area contributed by atoms with Crippen molar-refractivity contribution >= 4 is 17.9 Å². The van der Waals surface area contributed by atoms with E-state index in [-0.39, 0.29) is 36.2 Å². The molecule has 0 saturated carbocycles. The van der Waals surface area contributed by atoms with Crippen LogP contribution in [0.4, 0.5) is 19.4 Å². The van der Waals surface area contributed by atoms with E-state index in [1.807, 2.05) is 18.2 Å². The highest BCUT2D eigenvalue weighted by Crippen LogP contribution is 2.44. The summed E-state index contributed by atoms with van der Waals surface area (Å²) in [5.74, 6) is -0.894. The van der Waals surface area contributed by atoms with Gasteiger partial charge in [-0.3, -0.25) is 9.69 Å². The summed E-state index contributed by atoms with van der Waals surface area (Å²) in [4.78, 5) is 33.9. The number of aryl methyl sites for hydroxylation is 1. The normalized spacial score (nSPS) is 21.2. The van der Waals surface area contributed by atoms with Crippen LogP contribution in [0.2, 0.25) is 0 Å². The van der Waals surface area contributed by atoms with Crippen LogP contribution in [-0.2, 0) is 27.2 Å². The van der Waals surface area contributed by atoms with Crippen molar-refractivity contribution in [3.05, 3.63) is 76.5 Å². The number of ether oxygens (including phenoxy) is 2. The minimum Gasteiger partial charge on any atom is -0.507 e. The second-order valence-corrected chi connectivity index (χ2v) is 11.2. The second kappa shape index (κ2) is 11.2. The van der Waals surface area contributed by atoms with E-state index in [1.165, 1.54) is 17.0 Å². The van der Waals surface area contributed by atoms with Gasteiger partial charge in [0.15, 0.2) is 0 Å². The molecule has 8 nitrogen and oxygen atoms in total. The number of aromatic nitrogens is 1. The maximum absolute atomic E-state index is 14.0. The SMILES string of the molecule is CCOC(=O)C[C@@H]1CCc2cc(O)c(-c3ccc(N4CCC4)nc3CN3C(=O)O[C@H](c4cc(F)cc(F)c4)[C@@H]3C)cc21. The van der Waals surface area contributed by atoms with Gasteiger partial charge in [0, 0.05) is 35.8 Å². The Bertz CT molecular complexity index is 1520. The Balaban J connectivity index is 1.35. The molecule has 0 radical (unpaired) electrons. The third-order valence-corrected chi connectivity index (χ3v) is 8.53. The van der Waals surface area contributed by atoms with Gasteiger partial charge in [0.2, 0.25) is 0 Å². The van der Waals surface area contributed by atoms with Gasteiger partial charge >= 0.3 is 12.1 Å². The number of cyclic esters (lactones) is 1. The number of rotatable bonds is 8. The third kappa shape index (κ3) is 5.26. The molecule has 3 atom stereocenters. The van der Waals surface area contributed by atoms with Gasteiger partial charge < -0.3 is 19.5 Å². The number of hydrogen-bond acceptors (Lipinski definition) is 7. The first-order chi connectivity index (χ1) is 20.2. The Morgan fingerprint density at radius 3 is 2.57 bits per heavy atom. The molecule has 0 bridgehead atoms. The molecular formula is C32H33F2N3O5. The number of phenols is 1. The lowest BCUT2D eigenvalue weighted by Gasteiger charge is -2.33. The first-order valence-electron chi connectivity index (χ1n) is 14.4. The molecule has 0 unspecified atom stereocenters. The molecule has 1 amide bonds. The zero-order valence-corrected chi connectivity index (χ0v) is 23.6. The highest BCUT2D eigenvalue weighted by molar-refractivity contribution is 5.77. The highest BCUT2D eigenvalue weighted by atomic mass is 19.1. The van der Waals surface area contributed by atoms with Gasteiger partial charge in [-0.15, -0.1) is 0 Å². The van der Waals surface area contributed by atoms with E-state index in [1.54, 1.807) is 19.9 Å². The molecule has 1 aliphatic carbocycles. The van der Waals surface area contributed by atoms with Crippen molar-refractivity contribution in [2.24, 2.45) is 0 Å². The van der Waals surface area contributed by atoms with Crippen molar-refractivity contribution in [1.29, 1.82) is 0 Å². The Kier molecular flexibility index (Phi) is 7.47. The Labute approximate surface area is 242 Å². The fraction of sp³-hybridized carbons (Fsp3) is 0.406. The standard InChI is InChI=1S/C32H33F2N3O5/c1-3-41-30(39)14-20-6-5-19-13-28(38)26(16-25(19)20)24-7-8-29(36-9-4-10-36)35-27(24)17-37-18(2)31(42-32(37)40)21-11-22(33)15-23(34)12-21/h7-8,11-13,15-16,18,20,31,38H,3-6,9-10,14,17H2,1-2H3/t18-,20-,31-/m0/s1. The number of phenolic OH excluding ortho intramolecular Hbond substituents is 1. The molecule has 2 fully saturated rings. The predicted octanol–water partition coefficient (Wildman–Crippen LogP) is 6.01. The lowest BCUT2D eigenvalue weighted by atomic mass is 9.92. The zero-order valence-electron chi connectivity index (χ0n) is 23.6. The topological polar surface area (TPSA) is 92.2 Å². The first-order valence-corrected chi connectivity index (χ1v) is 14.4. The number of aromatic hydroxyl groups is 1. The lowest BCUT2D eigenvalue weighted by Crippen LogP contribution is -2.38. The molecule has 1 aromatic heterocycles. The summed E-state index contributed by atoms with van der Waals surface area (Å²) in [7, 11) is 0. The monoisotopic (exact) mass is 577 g/mol. The highest BCUT2D eigenvalue weighted by Gasteiger charge is 2.41. The van der Waals surface area contributed by atoms with Crippen molar-refractivity contribution in [2.75, 3.05) is 24.6 Å². The van der Waals surface area contributed by atoms with Crippen LogP contribution >= 0.6 is 0 Å². The molecule has 2 saturated heterocycles. The molecule has 0 spiro atoms. The zero-order chi connectivity index (χ0) is 29.5. The Morgan fingerprint density at radius 2 is 1.88 bits per heavy atom. The minimum absolute atomic E-state index is 0.0174. The molecule has 3 aromatic rings. The molecule has 10 heteroatoms. The van der Waals surface area contributed by atoms with Crippen molar-refractivity contribution < 1.29 is 33.0 Å². The fourth-order valence-electron chi connectivity index (χ4n) is 6.22. The number of halogens is 2. The third-order valence-electron chi connectivity index (χ3n) is 8.53. The number of benzene rings is 2. The van der Waals surface area contributed by atoms with Gasteiger partial charge in [0.05, 0.1) is 31.3 Å². The summed E-state index contributed by atoms with van der Waals surface area (Å²) < 4.78 is 38.7. The molecule has 42 heavy (non-hydrogen) atoms. The quantitative estimate of drug-likeness (QED) is 0.328. The number of esters is 1. The van der Waals surface area contributed by atoms with Crippen LogP contribution in [0.5, 0.6) is 5.75 Å². The van der Waals surface area contributed by atoms with Crippen LogP contribution in [0.3, 0.4) is 0 Å². The smallest absolute Gasteiger partial charge is 0.411 e. The number of fused-ring (bicyclic) bond motifs is 1. The number of nitrogens with zero attached hydrogens (tertiary/aromatic N) is 3. The summed E-state index contributed by atoms with van der Waals surface area (Å²) in [6.45, 7) is 5.69. The van der Waals surface area contributed by atoms with E-state index in [0.29, 0.717) is 23.4 Å². The molecule has 2 aromatic carbocycles. The number of carbonyl (C=O) groups is 2. The van der Waals surface area contributed by atoms with Crippen molar-refractivity contribution in [3.63, 3.8) is 0 Å². The Morgan fingerprint density at radius 1 is 1.12 bits per heavy atom. The maximum atomic E-state index is 14.0. The van der Waals surface area contributed by atoms with Gasteiger partial charge in [-0.25, -0.2) is 18.6 Å². The Hall–Kier alpha value is -4.21. The molecule has 220 valence electrons. The van der Waals surface area contributed by atoms with Crippen LogP contribution < -0.4 is 4.90 Å². The number of anilines is 1. The van der Waals surface area contributed by atoms with Crippen molar-refractivity contribution in [1.82, 2.24) is 9.88 Å². The van der Waals surface area contributed by atoms with Crippen LogP contribution in [-0.4, -0.2) is 52.8 Å². The summed E-state index contributed by atoms with van der Waals surface area (Å²) in [5, 5.41) is 11.1. The molecule has 1 N–H and O–H groups in total. The number of amides is 1. The molecule has 3 aliphatic rings. The number of hydrogen-bond donors (Lipinski definition) is 1. The van der Waals surface area contributed by atoms with E-state index in [9.17, 15) is 23.5 Å². The van der Waals surface area contributed by atoms with Crippen molar-refractivity contribution in [2.45, 2.75) is 64.1 Å². The molecule has 3 heterocycles. The molecule has 6 rings (SSSR count). The van der Waals surface area contributed by atoms with Gasteiger partial charge in [-0.2, -0.15) is 0 Å². The van der Waals surface area contributed by atoms with Gasteiger partial charge in [0.25, 0.3) is 0 Å². The van der Waals surface area contributed by atoms with Crippen LogP contribution in [0.1, 0.15) is 67.5 Å². The van der Waals surface area contributed by atoms with E-state index in [4.69, 9.17) is 14.5 Å².